The predicted octanol–water partition coefficient (Wildman–Crippen LogP) is 2.91. The van der Waals surface area contributed by atoms with Crippen LogP contribution in [-0.2, 0) is 9.09 Å². The summed E-state index contributed by atoms with van der Waals surface area (Å²) >= 11 is 0. The Labute approximate surface area is 103 Å². The van der Waals surface area contributed by atoms with Gasteiger partial charge in [0.15, 0.2) is 5.85 Å². The van der Waals surface area contributed by atoms with Crippen molar-refractivity contribution in [2.75, 3.05) is 6.61 Å². The van der Waals surface area contributed by atoms with Gasteiger partial charge in [-0.05, 0) is 39.0 Å². The molecule has 1 aromatic carbocycles. The average Bonchev–Trinajstić information content (AvgIpc) is 2.29. The fourth-order valence-electron chi connectivity index (χ4n) is 1.53. The standard InChI is InChI=1S/C13H19O3P/c1-4-16-17(15,13(14)10-11(2)3)12-8-6-5-7-9-12/h5-10,13-14H,4H2,1-3H3/t13-,17-/m1/s1. The zero-order valence-electron chi connectivity index (χ0n) is 10.5. The van der Waals surface area contributed by atoms with Crippen molar-refractivity contribution < 1.29 is 14.2 Å². The van der Waals surface area contributed by atoms with E-state index in [1.54, 1.807) is 37.3 Å². The lowest BCUT2D eigenvalue weighted by Crippen LogP contribution is -2.18. The summed E-state index contributed by atoms with van der Waals surface area (Å²) in [5.74, 6) is -1.09. The van der Waals surface area contributed by atoms with Gasteiger partial charge in [0, 0.05) is 5.30 Å². The smallest absolute Gasteiger partial charge is 0.263 e. The highest BCUT2D eigenvalue weighted by Crippen LogP contribution is 2.50. The number of allylic oxidation sites excluding steroid dienone is 1. The number of rotatable bonds is 5. The normalized spacial score (nSPS) is 16.0. The van der Waals surface area contributed by atoms with E-state index < -0.39 is 13.2 Å². The van der Waals surface area contributed by atoms with Crippen molar-refractivity contribution in [2.45, 2.75) is 26.6 Å². The number of aliphatic hydroxyl groups is 1. The van der Waals surface area contributed by atoms with E-state index in [1.165, 1.54) is 0 Å². The minimum absolute atomic E-state index is 0.305. The minimum atomic E-state index is -3.24. The minimum Gasteiger partial charge on any atom is -0.378 e. The van der Waals surface area contributed by atoms with Crippen molar-refractivity contribution in [3.8, 4) is 0 Å². The molecule has 1 rings (SSSR count). The van der Waals surface area contributed by atoms with Crippen molar-refractivity contribution >= 4 is 12.7 Å². The van der Waals surface area contributed by atoms with Crippen LogP contribution >= 0.6 is 7.37 Å². The van der Waals surface area contributed by atoms with Gasteiger partial charge in [-0.15, -0.1) is 0 Å². The first kappa shape index (κ1) is 14.2. The van der Waals surface area contributed by atoms with Crippen molar-refractivity contribution in [1.29, 1.82) is 0 Å². The molecule has 3 nitrogen and oxygen atoms in total. The maximum atomic E-state index is 12.7. The molecule has 4 heteroatoms. The van der Waals surface area contributed by atoms with Crippen LogP contribution in [-0.4, -0.2) is 17.6 Å². The Hall–Kier alpha value is -0.890. The molecule has 0 bridgehead atoms. The van der Waals surface area contributed by atoms with Crippen LogP contribution in [0.2, 0.25) is 0 Å². The molecule has 0 aliphatic carbocycles. The van der Waals surface area contributed by atoms with Gasteiger partial charge in [0.1, 0.15) is 0 Å². The zero-order valence-corrected chi connectivity index (χ0v) is 11.4. The van der Waals surface area contributed by atoms with E-state index in [1.807, 2.05) is 19.9 Å². The molecular formula is C13H19O3P. The van der Waals surface area contributed by atoms with Crippen LogP contribution in [0.15, 0.2) is 42.0 Å². The monoisotopic (exact) mass is 254 g/mol. The molecule has 1 N–H and O–H groups in total. The molecule has 0 saturated carbocycles. The van der Waals surface area contributed by atoms with Crippen molar-refractivity contribution in [3.05, 3.63) is 42.0 Å². The lowest BCUT2D eigenvalue weighted by molar-refractivity contribution is 0.248. The van der Waals surface area contributed by atoms with Crippen LogP contribution in [0.4, 0.5) is 0 Å². The van der Waals surface area contributed by atoms with Crippen molar-refractivity contribution in [2.24, 2.45) is 0 Å². The van der Waals surface area contributed by atoms with Gasteiger partial charge in [-0.3, -0.25) is 4.57 Å². The third-order valence-electron chi connectivity index (χ3n) is 2.27. The van der Waals surface area contributed by atoms with Gasteiger partial charge < -0.3 is 9.63 Å². The Balaban J connectivity index is 3.15. The highest BCUT2D eigenvalue weighted by Gasteiger charge is 2.32. The molecule has 0 heterocycles. The largest absolute Gasteiger partial charge is 0.378 e. The lowest BCUT2D eigenvalue weighted by Gasteiger charge is -2.21. The quantitative estimate of drug-likeness (QED) is 0.649. The fourth-order valence-corrected chi connectivity index (χ4v) is 3.60. The second-order valence-electron chi connectivity index (χ2n) is 4.01. The summed E-state index contributed by atoms with van der Waals surface area (Å²) in [6.45, 7) is 5.78. The Kier molecular flexibility index (Phi) is 5.13. The second-order valence-corrected chi connectivity index (χ2v) is 6.51. The molecule has 0 spiro atoms. The average molecular weight is 254 g/mol. The SMILES string of the molecule is CCO[P@](=O)(c1ccccc1)[C@@H](O)C=C(C)C. The molecular weight excluding hydrogens is 235 g/mol. The maximum Gasteiger partial charge on any atom is 0.263 e. The summed E-state index contributed by atoms with van der Waals surface area (Å²) in [5.41, 5.74) is 0.911. The zero-order chi connectivity index (χ0) is 12.9. The molecule has 17 heavy (non-hydrogen) atoms. The van der Waals surface area contributed by atoms with E-state index in [9.17, 15) is 9.67 Å². The Morgan fingerprint density at radius 2 is 2.00 bits per heavy atom. The molecule has 0 aliphatic rings. The number of hydrogen-bond acceptors (Lipinski definition) is 3. The molecule has 0 radical (unpaired) electrons. The van der Waals surface area contributed by atoms with E-state index in [2.05, 4.69) is 0 Å². The third kappa shape index (κ3) is 3.53. The fraction of sp³-hybridized carbons (Fsp3) is 0.385. The molecule has 0 unspecified atom stereocenters. The van der Waals surface area contributed by atoms with Crippen LogP contribution in [0.1, 0.15) is 20.8 Å². The van der Waals surface area contributed by atoms with Gasteiger partial charge in [-0.25, -0.2) is 0 Å². The Morgan fingerprint density at radius 3 is 2.47 bits per heavy atom. The molecule has 0 aromatic heterocycles. The Morgan fingerprint density at radius 1 is 1.41 bits per heavy atom. The summed E-state index contributed by atoms with van der Waals surface area (Å²) in [6.07, 6.45) is 1.57. The van der Waals surface area contributed by atoms with Crippen LogP contribution in [0.3, 0.4) is 0 Å². The molecule has 94 valence electrons. The maximum absolute atomic E-state index is 12.7. The van der Waals surface area contributed by atoms with Crippen LogP contribution < -0.4 is 5.30 Å². The van der Waals surface area contributed by atoms with Crippen LogP contribution in [0.25, 0.3) is 0 Å². The molecule has 0 saturated heterocycles. The summed E-state index contributed by atoms with van der Waals surface area (Å²) < 4.78 is 18.1. The summed E-state index contributed by atoms with van der Waals surface area (Å²) in [5, 5.41) is 10.6. The van der Waals surface area contributed by atoms with Gasteiger partial charge in [-0.2, -0.15) is 0 Å². The molecule has 2 atom stereocenters. The topological polar surface area (TPSA) is 46.5 Å². The van der Waals surface area contributed by atoms with E-state index in [0.717, 1.165) is 5.57 Å². The van der Waals surface area contributed by atoms with Gasteiger partial charge in [0.05, 0.1) is 6.61 Å². The van der Waals surface area contributed by atoms with E-state index >= 15 is 0 Å². The van der Waals surface area contributed by atoms with Gasteiger partial charge in [-0.1, -0.05) is 23.8 Å². The number of aliphatic hydroxyl groups excluding tert-OH is 1. The summed E-state index contributed by atoms with van der Waals surface area (Å²) in [6, 6.07) is 8.86. The van der Waals surface area contributed by atoms with Gasteiger partial charge in [0.25, 0.3) is 7.37 Å². The predicted molar refractivity (Wildman–Crippen MR) is 70.7 cm³/mol. The van der Waals surface area contributed by atoms with Gasteiger partial charge >= 0.3 is 0 Å². The molecule has 0 aliphatic heterocycles. The molecule has 1 aromatic rings. The number of hydrogen-bond donors (Lipinski definition) is 1. The summed E-state index contributed by atoms with van der Waals surface area (Å²) in [4.78, 5) is 0. The lowest BCUT2D eigenvalue weighted by atomic mass is 10.3. The first-order valence-electron chi connectivity index (χ1n) is 5.63. The highest BCUT2D eigenvalue weighted by atomic mass is 31.2. The molecule has 0 amide bonds. The van der Waals surface area contributed by atoms with Crippen molar-refractivity contribution in [1.82, 2.24) is 0 Å². The van der Waals surface area contributed by atoms with E-state index in [4.69, 9.17) is 4.52 Å². The molecule has 0 fully saturated rings. The second kappa shape index (κ2) is 6.15. The van der Waals surface area contributed by atoms with E-state index in [-0.39, 0.29) is 0 Å². The third-order valence-corrected chi connectivity index (χ3v) is 4.77. The van der Waals surface area contributed by atoms with Crippen LogP contribution in [0.5, 0.6) is 0 Å². The first-order valence-corrected chi connectivity index (χ1v) is 7.33. The van der Waals surface area contributed by atoms with Crippen molar-refractivity contribution in [3.63, 3.8) is 0 Å². The first-order chi connectivity index (χ1) is 8.00. The van der Waals surface area contributed by atoms with Gasteiger partial charge in [0.2, 0.25) is 0 Å². The Bertz CT molecular complexity index is 422. The van der Waals surface area contributed by atoms with Crippen LogP contribution in [0, 0.1) is 0 Å². The summed E-state index contributed by atoms with van der Waals surface area (Å²) in [7, 11) is -3.24. The highest BCUT2D eigenvalue weighted by molar-refractivity contribution is 7.67. The number of benzene rings is 1. The van der Waals surface area contributed by atoms with E-state index in [0.29, 0.717) is 11.9 Å².